The van der Waals surface area contributed by atoms with Crippen LogP contribution >= 0.6 is 0 Å². The van der Waals surface area contributed by atoms with Gasteiger partial charge in [0, 0.05) is 0 Å². The van der Waals surface area contributed by atoms with Gasteiger partial charge in [-0.25, -0.2) is 10.2 Å². The molecule has 4 N–H and O–H groups in total. The van der Waals surface area contributed by atoms with E-state index in [-0.39, 0.29) is 0 Å². The van der Waals surface area contributed by atoms with Gasteiger partial charge in [0.05, 0.1) is 19.5 Å². The maximum atomic E-state index is 10.0. The van der Waals surface area contributed by atoms with Crippen molar-refractivity contribution in [3.05, 3.63) is 12.3 Å². The highest BCUT2D eigenvalue weighted by Crippen LogP contribution is 1.95. The molecule has 0 saturated heterocycles. The van der Waals surface area contributed by atoms with E-state index < -0.39 is 6.09 Å². The van der Waals surface area contributed by atoms with Crippen LogP contribution < -0.4 is 16.2 Å². The van der Waals surface area contributed by atoms with Gasteiger partial charge in [-0.15, -0.1) is 0 Å². The average Bonchev–Trinajstić information content (AvgIpc) is 2.25. The smallest absolute Gasteiger partial charge is 0.419 e. The molecule has 6 nitrogen and oxygen atoms in total. The van der Waals surface area contributed by atoms with Crippen molar-refractivity contribution in [2.24, 2.45) is 0 Å². The first-order valence-corrected chi connectivity index (χ1v) is 5.46. The summed E-state index contributed by atoms with van der Waals surface area (Å²) in [5.41, 5.74) is 4.56. The molecule has 0 unspecified atom stereocenters. The highest BCUT2D eigenvalue weighted by molar-refractivity contribution is 5.63. The Labute approximate surface area is 96.0 Å². The van der Waals surface area contributed by atoms with Gasteiger partial charge >= 0.3 is 6.09 Å². The summed E-state index contributed by atoms with van der Waals surface area (Å²) in [5, 5.41) is 11.3. The van der Waals surface area contributed by atoms with Crippen molar-refractivity contribution < 1.29 is 14.6 Å². The van der Waals surface area contributed by atoms with Crippen LogP contribution in [-0.4, -0.2) is 31.0 Å². The van der Waals surface area contributed by atoms with E-state index in [1.807, 2.05) is 18.4 Å². The first-order valence-electron chi connectivity index (χ1n) is 5.46. The van der Waals surface area contributed by atoms with Gasteiger partial charge in [-0.05, 0) is 38.8 Å². The molecule has 1 amide bonds. The normalized spacial score (nSPS) is 10.6. The molecule has 0 heterocycles. The SMILES string of the molecule is CCOC=CCCCCNCNNC(=O)O. The topological polar surface area (TPSA) is 82.6 Å². The third-order valence-electron chi connectivity index (χ3n) is 1.74. The Bertz CT molecular complexity index is 198. The van der Waals surface area contributed by atoms with Crippen molar-refractivity contribution in [2.75, 3.05) is 19.8 Å². The number of hydrogen-bond acceptors (Lipinski definition) is 4. The van der Waals surface area contributed by atoms with Crippen LogP contribution in [0.1, 0.15) is 26.2 Å². The average molecular weight is 231 g/mol. The molecule has 0 saturated carbocycles. The molecule has 0 radical (unpaired) electrons. The standard InChI is InChI=1S/C10H21N3O3/c1-2-16-8-6-4-3-5-7-11-9-12-13-10(14)15/h6,8,11-13H,2-5,7,9H2,1H3,(H,14,15). The molecule has 0 atom stereocenters. The maximum Gasteiger partial charge on any atom is 0.419 e. The van der Waals surface area contributed by atoms with Crippen LogP contribution in [0.25, 0.3) is 0 Å². The van der Waals surface area contributed by atoms with E-state index >= 15 is 0 Å². The molecule has 6 heteroatoms. The predicted molar refractivity (Wildman–Crippen MR) is 61.8 cm³/mol. The van der Waals surface area contributed by atoms with Crippen LogP contribution in [0, 0.1) is 0 Å². The third kappa shape index (κ3) is 12.7. The summed E-state index contributed by atoms with van der Waals surface area (Å²) in [6.07, 6.45) is 5.79. The fourth-order valence-electron chi connectivity index (χ4n) is 1.02. The second-order valence-electron chi connectivity index (χ2n) is 3.11. The van der Waals surface area contributed by atoms with E-state index in [4.69, 9.17) is 9.84 Å². The van der Waals surface area contributed by atoms with Crippen LogP contribution in [-0.2, 0) is 4.74 Å². The molecule has 0 bridgehead atoms. The highest BCUT2D eigenvalue weighted by Gasteiger charge is 1.90. The van der Waals surface area contributed by atoms with Crippen molar-refractivity contribution in [1.82, 2.24) is 16.2 Å². The molecule has 0 aliphatic heterocycles. The van der Waals surface area contributed by atoms with Gasteiger partial charge < -0.3 is 15.2 Å². The fourth-order valence-corrected chi connectivity index (χ4v) is 1.02. The van der Waals surface area contributed by atoms with Gasteiger partial charge in [0.25, 0.3) is 0 Å². The molecular formula is C10H21N3O3. The number of rotatable bonds is 10. The van der Waals surface area contributed by atoms with Crippen LogP contribution in [0.2, 0.25) is 0 Å². The van der Waals surface area contributed by atoms with E-state index in [0.29, 0.717) is 13.3 Å². The molecule has 0 spiro atoms. The van der Waals surface area contributed by atoms with Crippen molar-refractivity contribution >= 4 is 6.09 Å². The zero-order valence-corrected chi connectivity index (χ0v) is 9.66. The van der Waals surface area contributed by atoms with Gasteiger partial charge in [0.1, 0.15) is 0 Å². The number of carbonyl (C=O) groups is 1. The molecule has 0 aromatic carbocycles. The zero-order chi connectivity index (χ0) is 12.1. The van der Waals surface area contributed by atoms with Crippen molar-refractivity contribution in [1.29, 1.82) is 0 Å². The summed E-state index contributed by atoms with van der Waals surface area (Å²) in [6, 6.07) is 0. The van der Waals surface area contributed by atoms with Crippen LogP contribution in [0.5, 0.6) is 0 Å². The van der Waals surface area contributed by atoms with Crippen LogP contribution in [0.4, 0.5) is 4.79 Å². The second kappa shape index (κ2) is 11.8. The molecular weight excluding hydrogens is 210 g/mol. The van der Waals surface area contributed by atoms with E-state index in [9.17, 15) is 4.79 Å². The minimum Gasteiger partial charge on any atom is -0.502 e. The van der Waals surface area contributed by atoms with E-state index in [2.05, 4.69) is 10.7 Å². The minimum atomic E-state index is -1.08. The van der Waals surface area contributed by atoms with Gasteiger partial charge in [0.2, 0.25) is 0 Å². The van der Waals surface area contributed by atoms with E-state index in [0.717, 1.165) is 25.8 Å². The summed E-state index contributed by atoms with van der Waals surface area (Å²) in [5.74, 6) is 0. The number of hydrazine groups is 1. The Morgan fingerprint density at radius 3 is 2.94 bits per heavy atom. The second-order valence-corrected chi connectivity index (χ2v) is 3.11. The Morgan fingerprint density at radius 2 is 2.25 bits per heavy atom. The molecule has 0 aliphatic carbocycles. The van der Waals surface area contributed by atoms with Gasteiger partial charge in [-0.2, -0.15) is 0 Å². The molecule has 94 valence electrons. The lowest BCUT2D eigenvalue weighted by molar-refractivity contribution is 0.188. The summed E-state index contributed by atoms with van der Waals surface area (Å²) >= 11 is 0. The molecule has 0 fully saturated rings. The number of hydrogen-bond donors (Lipinski definition) is 4. The number of amides is 1. The van der Waals surface area contributed by atoms with Crippen LogP contribution in [0.15, 0.2) is 12.3 Å². The quantitative estimate of drug-likeness (QED) is 0.195. The number of nitrogens with one attached hydrogen (secondary N) is 3. The number of unbranched alkanes of at least 4 members (excludes halogenated alkanes) is 2. The maximum absolute atomic E-state index is 10.0. The predicted octanol–water partition coefficient (Wildman–Crippen LogP) is 1.03. The number of carboxylic acid groups (broad SMARTS) is 1. The summed E-state index contributed by atoms with van der Waals surface area (Å²) in [4.78, 5) is 10.0. The fraction of sp³-hybridized carbons (Fsp3) is 0.700. The minimum absolute atomic E-state index is 0.432. The monoisotopic (exact) mass is 231 g/mol. The first-order chi connectivity index (χ1) is 7.77. The Hall–Kier alpha value is -1.27. The zero-order valence-electron chi connectivity index (χ0n) is 9.66. The van der Waals surface area contributed by atoms with Gasteiger partial charge in [-0.3, -0.25) is 5.43 Å². The first kappa shape index (κ1) is 14.7. The summed E-state index contributed by atoms with van der Waals surface area (Å²) < 4.78 is 5.05. The Balaban J connectivity index is 3.01. The lowest BCUT2D eigenvalue weighted by Gasteiger charge is -2.05. The van der Waals surface area contributed by atoms with Crippen molar-refractivity contribution in [2.45, 2.75) is 26.2 Å². The number of ether oxygens (including phenoxy) is 1. The van der Waals surface area contributed by atoms with E-state index in [1.54, 1.807) is 6.26 Å². The molecule has 16 heavy (non-hydrogen) atoms. The van der Waals surface area contributed by atoms with Crippen molar-refractivity contribution in [3.63, 3.8) is 0 Å². The molecule has 0 aromatic rings. The highest BCUT2D eigenvalue weighted by atomic mass is 16.5. The van der Waals surface area contributed by atoms with Crippen molar-refractivity contribution in [3.8, 4) is 0 Å². The largest absolute Gasteiger partial charge is 0.502 e. The molecule has 0 aromatic heterocycles. The Kier molecular flexibility index (Phi) is 10.9. The summed E-state index contributed by atoms with van der Waals surface area (Å²) in [6.45, 7) is 3.95. The van der Waals surface area contributed by atoms with Gasteiger partial charge in [-0.1, -0.05) is 0 Å². The Morgan fingerprint density at radius 1 is 1.44 bits per heavy atom. The lowest BCUT2D eigenvalue weighted by Crippen LogP contribution is -2.42. The third-order valence-corrected chi connectivity index (χ3v) is 1.74. The lowest BCUT2D eigenvalue weighted by atomic mass is 10.2. The van der Waals surface area contributed by atoms with Gasteiger partial charge in [0.15, 0.2) is 0 Å². The van der Waals surface area contributed by atoms with E-state index in [1.165, 1.54) is 0 Å². The van der Waals surface area contributed by atoms with Crippen LogP contribution in [0.3, 0.4) is 0 Å². The summed E-state index contributed by atoms with van der Waals surface area (Å²) in [7, 11) is 0. The molecule has 0 aliphatic rings. The molecule has 0 rings (SSSR count). The number of allylic oxidation sites excluding steroid dienone is 1.